The van der Waals surface area contributed by atoms with Gasteiger partial charge >= 0.3 is 0 Å². The van der Waals surface area contributed by atoms with Crippen LogP contribution in [0.5, 0.6) is 0 Å². The molecule has 2 heterocycles. The second kappa shape index (κ2) is 9.34. The molecule has 2 aliphatic carbocycles. The Balaban J connectivity index is 1.39. The number of hydrogen-bond acceptors (Lipinski definition) is 4. The molecule has 29 heavy (non-hydrogen) atoms. The number of rotatable bonds is 6. The summed E-state index contributed by atoms with van der Waals surface area (Å²) in [6.45, 7) is 8.97. The van der Waals surface area contributed by atoms with Crippen LogP contribution in [0.4, 0.5) is 0 Å². The maximum atomic E-state index is 13.4. The number of carbonyl (C=O) groups is 2. The Hall–Kier alpha value is -1.14. The molecular formula is C23H39N3O3. The lowest BCUT2D eigenvalue weighted by Gasteiger charge is -2.44. The number of morpholine rings is 1. The first-order valence-corrected chi connectivity index (χ1v) is 12.0. The quantitative estimate of drug-likeness (QED) is 0.681. The van der Waals surface area contributed by atoms with Crippen molar-refractivity contribution in [2.24, 2.45) is 11.3 Å². The number of carbonyl (C=O) groups excluding carboxylic acids is 2. The van der Waals surface area contributed by atoms with Crippen molar-refractivity contribution in [3.8, 4) is 0 Å². The minimum atomic E-state index is -0.181. The van der Waals surface area contributed by atoms with Gasteiger partial charge in [0.15, 0.2) is 0 Å². The number of nitrogens with zero attached hydrogens (tertiary/aromatic N) is 3. The van der Waals surface area contributed by atoms with Crippen molar-refractivity contribution < 1.29 is 14.3 Å². The van der Waals surface area contributed by atoms with Crippen LogP contribution in [0, 0.1) is 11.3 Å². The fourth-order valence-corrected chi connectivity index (χ4v) is 5.43. The SMILES string of the molecule is CC1(C(=O)N2CCCC(N(CCN3CCOCC3)C(=O)C3CC3)C2)CCCCC1. The van der Waals surface area contributed by atoms with Crippen molar-refractivity contribution in [1.29, 1.82) is 0 Å². The molecule has 2 amide bonds. The maximum Gasteiger partial charge on any atom is 0.228 e. The highest BCUT2D eigenvalue weighted by atomic mass is 16.5. The van der Waals surface area contributed by atoms with E-state index in [-0.39, 0.29) is 17.4 Å². The Morgan fingerprint density at radius 1 is 1.00 bits per heavy atom. The summed E-state index contributed by atoms with van der Waals surface area (Å²) >= 11 is 0. The van der Waals surface area contributed by atoms with Crippen LogP contribution < -0.4 is 0 Å². The van der Waals surface area contributed by atoms with Gasteiger partial charge in [-0.3, -0.25) is 14.5 Å². The van der Waals surface area contributed by atoms with Gasteiger partial charge in [0.25, 0.3) is 0 Å². The van der Waals surface area contributed by atoms with E-state index in [9.17, 15) is 9.59 Å². The zero-order valence-corrected chi connectivity index (χ0v) is 18.2. The summed E-state index contributed by atoms with van der Waals surface area (Å²) in [7, 11) is 0. The first kappa shape index (κ1) is 21.1. The number of hydrogen-bond donors (Lipinski definition) is 0. The molecule has 6 heteroatoms. The van der Waals surface area contributed by atoms with Crippen LogP contribution in [-0.2, 0) is 14.3 Å². The molecule has 0 N–H and O–H groups in total. The highest BCUT2D eigenvalue weighted by molar-refractivity contribution is 5.83. The maximum absolute atomic E-state index is 13.4. The van der Waals surface area contributed by atoms with Gasteiger partial charge in [0.1, 0.15) is 0 Å². The molecule has 0 radical (unpaired) electrons. The van der Waals surface area contributed by atoms with Crippen LogP contribution in [0.15, 0.2) is 0 Å². The van der Waals surface area contributed by atoms with E-state index in [4.69, 9.17) is 4.74 Å². The average Bonchev–Trinajstić information content (AvgIpc) is 3.60. The first-order valence-electron chi connectivity index (χ1n) is 12.0. The average molecular weight is 406 g/mol. The minimum Gasteiger partial charge on any atom is -0.379 e. The molecule has 164 valence electrons. The zero-order valence-electron chi connectivity index (χ0n) is 18.2. The molecule has 4 rings (SSSR count). The van der Waals surface area contributed by atoms with Crippen molar-refractivity contribution in [3.05, 3.63) is 0 Å². The fourth-order valence-electron chi connectivity index (χ4n) is 5.43. The van der Waals surface area contributed by atoms with Gasteiger partial charge in [-0.05, 0) is 38.5 Å². The molecule has 2 saturated heterocycles. The standard InChI is InChI=1S/C23H39N3O3/c1-23(9-3-2-4-10-23)22(28)25-11-5-6-20(18-25)26(21(27)19-7-8-19)13-12-24-14-16-29-17-15-24/h19-20H,2-18H2,1H3. The number of piperidine rings is 1. The predicted molar refractivity (Wildman–Crippen MR) is 112 cm³/mol. The van der Waals surface area contributed by atoms with Gasteiger partial charge in [-0.15, -0.1) is 0 Å². The summed E-state index contributed by atoms with van der Waals surface area (Å²) in [5.74, 6) is 0.914. The van der Waals surface area contributed by atoms with Crippen LogP contribution in [0.25, 0.3) is 0 Å². The van der Waals surface area contributed by atoms with Crippen molar-refractivity contribution >= 4 is 11.8 Å². The van der Waals surface area contributed by atoms with Crippen molar-refractivity contribution in [3.63, 3.8) is 0 Å². The summed E-state index contributed by atoms with van der Waals surface area (Å²) in [4.78, 5) is 33.1. The zero-order chi connectivity index (χ0) is 20.3. The van der Waals surface area contributed by atoms with E-state index in [0.717, 1.165) is 91.0 Å². The molecule has 2 aliphatic heterocycles. The van der Waals surface area contributed by atoms with E-state index in [1.165, 1.54) is 19.3 Å². The lowest BCUT2D eigenvalue weighted by atomic mass is 9.74. The van der Waals surface area contributed by atoms with Gasteiger partial charge in [-0.25, -0.2) is 0 Å². The Kier molecular flexibility index (Phi) is 6.80. The Labute approximate surface area is 175 Å². The predicted octanol–water partition coefficient (Wildman–Crippen LogP) is 2.52. The van der Waals surface area contributed by atoms with Gasteiger partial charge in [-0.1, -0.05) is 26.2 Å². The smallest absolute Gasteiger partial charge is 0.228 e. The summed E-state index contributed by atoms with van der Waals surface area (Å²) in [6.07, 6.45) is 9.78. The molecular weight excluding hydrogens is 366 g/mol. The third-order valence-corrected chi connectivity index (χ3v) is 7.57. The van der Waals surface area contributed by atoms with E-state index in [1.807, 2.05) is 0 Å². The number of amides is 2. The van der Waals surface area contributed by atoms with Gasteiger partial charge < -0.3 is 14.5 Å². The lowest BCUT2D eigenvalue weighted by Crippen LogP contribution is -2.56. The molecule has 0 bridgehead atoms. The second-order valence-electron chi connectivity index (χ2n) is 9.93. The first-order chi connectivity index (χ1) is 14.1. The monoisotopic (exact) mass is 405 g/mol. The highest BCUT2D eigenvalue weighted by Gasteiger charge is 2.42. The molecule has 1 atom stereocenters. The van der Waals surface area contributed by atoms with Gasteiger partial charge in [0.2, 0.25) is 11.8 Å². The summed E-state index contributed by atoms with van der Waals surface area (Å²) in [5.41, 5.74) is -0.181. The van der Waals surface area contributed by atoms with Crippen molar-refractivity contribution in [2.45, 2.75) is 70.8 Å². The number of ether oxygens (including phenoxy) is 1. The molecule has 0 aromatic heterocycles. The van der Waals surface area contributed by atoms with E-state index < -0.39 is 0 Å². The van der Waals surface area contributed by atoms with Crippen LogP contribution in [0.2, 0.25) is 0 Å². The molecule has 2 saturated carbocycles. The van der Waals surface area contributed by atoms with E-state index in [0.29, 0.717) is 11.8 Å². The van der Waals surface area contributed by atoms with Gasteiger partial charge in [-0.2, -0.15) is 0 Å². The molecule has 0 spiro atoms. The van der Waals surface area contributed by atoms with E-state index >= 15 is 0 Å². The third-order valence-electron chi connectivity index (χ3n) is 7.57. The molecule has 0 aromatic carbocycles. The van der Waals surface area contributed by atoms with Gasteiger partial charge in [0.05, 0.1) is 13.2 Å². The molecule has 0 aromatic rings. The van der Waals surface area contributed by atoms with Crippen LogP contribution in [-0.4, -0.2) is 85.0 Å². The minimum absolute atomic E-state index is 0.181. The fraction of sp³-hybridized carbons (Fsp3) is 0.913. The summed E-state index contributed by atoms with van der Waals surface area (Å²) < 4.78 is 5.46. The Morgan fingerprint density at radius 2 is 1.72 bits per heavy atom. The molecule has 4 fully saturated rings. The third kappa shape index (κ3) is 5.13. The molecule has 4 aliphatic rings. The van der Waals surface area contributed by atoms with Crippen molar-refractivity contribution in [1.82, 2.24) is 14.7 Å². The van der Waals surface area contributed by atoms with Crippen LogP contribution >= 0.6 is 0 Å². The molecule has 1 unspecified atom stereocenters. The van der Waals surface area contributed by atoms with Crippen LogP contribution in [0.1, 0.15) is 64.7 Å². The second-order valence-corrected chi connectivity index (χ2v) is 9.93. The van der Waals surface area contributed by atoms with Gasteiger partial charge in [0, 0.05) is 56.6 Å². The summed E-state index contributed by atoms with van der Waals surface area (Å²) in [5, 5.41) is 0. The largest absolute Gasteiger partial charge is 0.379 e. The lowest BCUT2D eigenvalue weighted by molar-refractivity contribution is -0.148. The Morgan fingerprint density at radius 3 is 2.41 bits per heavy atom. The van der Waals surface area contributed by atoms with E-state index in [2.05, 4.69) is 21.6 Å². The normalized spacial score (nSPS) is 28.2. The topological polar surface area (TPSA) is 53.1 Å². The van der Waals surface area contributed by atoms with Crippen LogP contribution in [0.3, 0.4) is 0 Å². The molecule has 6 nitrogen and oxygen atoms in total. The number of likely N-dealkylation sites (tertiary alicyclic amines) is 1. The van der Waals surface area contributed by atoms with Crippen molar-refractivity contribution in [2.75, 3.05) is 52.5 Å². The van der Waals surface area contributed by atoms with E-state index in [1.54, 1.807) is 0 Å². The highest BCUT2D eigenvalue weighted by Crippen LogP contribution is 2.38. The summed E-state index contributed by atoms with van der Waals surface area (Å²) in [6, 6.07) is 0.189. The Bertz CT molecular complexity index is 580.